The van der Waals surface area contributed by atoms with Crippen molar-refractivity contribution in [2.75, 3.05) is 12.4 Å². The number of nitrogens with one attached hydrogen (secondary N) is 1. The monoisotopic (exact) mass is 329 g/mol. The summed E-state index contributed by atoms with van der Waals surface area (Å²) < 4.78 is 10.1. The van der Waals surface area contributed by atoms with Crippen molar-refractivity contribution in [1.29, 1.82) is 0 Å². The summed E-state index contributed by atoms with van der Waals surface area (Å²) in [7, 11) is 1.44. The number of hydrogen-bond acceptors (Lipinski definition) is 5. The number of rotatable bonds is 5. The molecule has 2 N–H and O–H groups in total. The number of esters is 1. The third-order valence-electron chi connectivity index (χ3n) is 3.40. The first-order chi connectivity index (χ1) is 11.4. The molecule has 0 aliphatic carbocycles. The number of phenols is 1. The van der Waals surface area contributed by atoms with E-state index in [1.165, 1.54) is 32.2 Å². The van der Waals surface area contributed by atoms with Gasteiger partial charge in [0.25, 0.3) is 5.91 Å². The number of carbonyl (C=O) groups is 2. The van der Waals surface area contributed by atoms with Crippen molar-refractivity contribution >= 4 is 17.6 Å². The van der Waals surface area contributed by atoms with Crippen LogP contribution in [-0.2, 0) is 9.53 Å². The second kappa shape index (κ2) is 7.50. The van der Waals surface area contributed by atoms with Gasteiger partial charge in [0.1, 0.15) is 17.1 Å². The first kappa shape index (κ1) is 17.3. The number of aromatic hydroxyl groups is 1. The highest BCUT2D eigenvalue weighted by Gasteiger charge is 2.21. The van der Waals surface area contributed by atoms with Crippen molar-refractivity contribution in [3.05, 3.63) is 53.6 Å². The number of amides is 1. The van der Waals surface area contributed by atoms with Crippen LogP contribution in [0.2, 0.25) is 0 Å². The molecular weight excluding hydrogens is 310 g/mol. The molecule has 6 heteroatoms. The zero-order chi connectivity index (χ0) is 17.7. The van der Waals surface area contributed by atoms with Crippen LogP contribution >= 0.6 is 0 Å². The van der Waals surface area contributed by atoms with Crippen LogP contribution in [0.3, 0.4) is 0 Å². The molecule has 0 saturated carbocycles. The molecule has 1 amide bonds. The minimum atomic E-state index is -1.02. The van der Waals surface area contributed by atoms with Gasteiger partial charge >= 0.3 is 5.97 Å². The van der Waals surface area contributed by atoms with Crippen molar-refractivity contribution < 1.29 is 24.2 Å². The number of aryl methyl sites for hydroxylation is 1. The quantitative estimate of drug-likeness (QED) is 0.824. The second-order valence-electron chi connectivity index (χ2n) is 5.29. The van der Waals surface area contributed by atoms with Crippen LogP contribution < -0.4 is 10.1 Å². The van der Waals surface area contributed by atoms with Gasteiger partial charge in [-0.25, -0.2) is 4.79 Å². The lowest BCUT2D eigenvalue weighted by molar-refractivity contribution is -0.123. The number of benzene rings is 2. The predicted octanol–water partition coefficient (Wildman–Crippen LogP) is 2.89. The molecule has 24 heavy (non-hydrogen) atoms. The van der Waals surface area contributed by atoms with Crippen molar-refractivity contribution in [2.24, 2.45) is 0 Å². The van der Waals surface area contributed by atoms with E-state index in [-0.39, 0.29) is 11.3 Å². The summed E-state index contributed by atoms with van der Waals surface area (Å²) in [5.74, 6) is -1.11. The topological polar surface area (TPSA) is 84.9 Å². The third kappa shape index (κ3) is 4.25. The summed E-state index contributed by atoms with van der Waals surface area (Å²) >= 11 is 0. The summed E-state index contributed by atoms with van der Waals surface area (Å²) in [5.41, 5.74) is 1.61. The lowest BCUT2D eigenvalue weighted by Gasteiger charge is -2.14. The molecule has 0 radical (unpaired) electrons. The third-order valence-corrected chi connectivity index (χ3v) is 3.40. The molecular formula is C18H19NO5. The number of hydrogen-bond donors (Lipinski definition) is 2. The zero-order valence-electron chi connectivity index (χ0n) is 13.7. The minimum absolute atomic E-state index is 0.0654. The van der Waals surface area contributed by atoms with Gasteiger partial charge in [0.2, 0.25) is 0 Å². The van der Waals surface area contributed by atoms with Crippen LogP contribution in [0.25, 0.3) is 0 Å². The molecule has 0 saturated heterocycles. The Bertz CT molecular complexity index is 740. The van der Waals surface area contributed by atoms with Crippen LogP contribution in [-0.4, -0.2) is 30.2 Å². The average Bonchev–Trinajstić information content (AvgIpc) is 2.57. The van der Waals surface area contributed by atoms with Gasteiger partial charge in [-0.2, -0.15) is 0 Å². The molecule has 0 aliphatic heterocycles. The Kier molecular flexibility index (Phi) is 5.42. The fourth-order valence-corrected chi connectivity index (χ4v) is 1.96. The molecule has 0 spiro atoms. The molecule has 126 valence electrons. The number of anilines is 1. The van der Waals surface area contributed by atoms with E-state index in [2.05, 4.69) is 5.32 Å². The van der Waals surface area contributed by atoms with Gasteiger partial charge in [-0.05, 0) is 44.2 Å². The molecule has 0 aliphatic rings. The van der Waals surface area contributed by atoms with E-state index in [1.54, 1.807) is 12.1 Å². The molecule has 2 aromatic rings. The molecule has 2 rings (SSSR count). The van der Waals surface area contributed by atoms with E-state index < -0.39 is 18.0 Å². The van der Waals surface area contributed by atoms with Gasteiger partial charge < -0.3 is 19.9 Å². The predicted molar refractivity (Wildman–Crippen MR) is 89.3 cm³/mol. The Labute approximate surface area is 140 Å². The lowest BCUT2D eigenvalue weighted by Crippen LogP contribution is -2.30. The Balaban J connectivity index is 2.02. The summed E-state index contributed by atoms with van der Waals surface area (Å²) in [5, 5.41) is 12.4. The Morgan fingerprint density at radius 1 is 1.12 bits per heavy atom. The number of carbonyl (C=O) groups excluding carboxylic acids is 2. The van der Waals surface area contributed by atoms with Crippen LogP contribution in [0.5, 0.6) is 11.5 Å². The van der Waals surface area contributed by atoms with Crippen molar-refractivity contribution in [3.8, 4) is 11.5 Å². The first-order valence-corrected chi connectivity index (χ1v) is 7.36. The molecule has 0 fully saturated rings. The molecule has 6 nitrogen and oxygen atoms in total. The van der Waals surface area contributed by atoms with Crippen LogP contribution in [0.15, 0.2) is 42.5 Å². The van der Waals surface area contributed by atoms with E-state index in [1.807, 2.05) is 19.1 Å². The van der Waals surface area contributed by atoms with Gasteiger partial charge in [0.05, 0.1) is 7.11 Å². The number of methoxy groups -OCH3 is 1. The average molecular weight is 329 g/mol. The van der Waals surface area contributed by atoms with Gasteiger partial charge in [0.15, 0.2) is 6.10 Å². The molecule has 0 bridgehead atoms. The van der Waals surface area contributed by atoms with Crippen molar-refractivity contribution in [1.82, 2.24) is 0 Å². The summed E-state index contributed by atoms with van der Waals surface area (Å²) in [6.45, 7) is 3.40. The van der Waals surface area contributed by atoms with Gasteiger partial charge in [-0.15, -0.1) is 0 Å². The number of ether oxygens (including phenoxy) is 2. The van der Waals surface area contributed by atoms with E-state index in [9.17, 15) is 14.7 Å². The second-order valence-corrected chi connectivity index (χ2v) is 5.29. The molecule has 1 atom stereocenters. The fraction of sp³-hybridized carbons (Fsp3) is 0.222. The lowest BCUT2D eigenvalue weighted by atomic mass is 10.2. The Hall–Kier alpha value is -3.02. The smallest absolute Gasteiger partial charge is 0.342 e. The van der Waals surface area contributed by atoms with E-state index >= 15 is 0 Å². The van der Waals surface area contributed by atoms with Crippen molar-refractivity contribution in [2.45, 2.75) is 20.0 Å². The van der Waals surface area contributed by atoms with Gasteiger partial charge in [-0.1, -0.05) is 17.7 Å². The standard InChI is InChI=1S/C18H19NO5/c1-11-4-6-13(7-5-11)19-17(21)12(2)24-18(22)15-10-14(23-3)8-9-16(15)20/h4-10,12,20H,1-3H3,(H,19,21). The highest BCUT2D eigenvalue weighted by Crippen LogP contribution is 2.24. The van der Waals surface area contributed by atoms with E-state index in [0.717, 1.165) is 5.56 Å². The highest BCUT2D eigenvalue weighted by atomic mass is 16.5. The first-order valence-electron chi connectivity index (χ1n) is 7.36. The maximum absolute atomic E-state index is 12.1. The molecule has 0 heterocycles. The van der Waals surface area contributed by atoms with Crippen molar-refractivity contribution in [3.63, 3.8) is 0 Å². The zero-order valence-corrected chi connectivity index (χ0v) is 13.7. The molecule has 2 aromatic carbocycles. The van der Waals surface area contributed by atoms with Gasteiger partial charge in [0, 0.05) is 5.69 Å². The maximum Gasteiger partial charge on any atom is 0.342 e. The highest BCUT2D eigenvalue weighted by molar-refractivity contribution is 5.98. The Morgan fingerprint density at radius 3 is 2.42 bits per heavy atom. The maximum atomic E-state index is 12.1. The largest absolute Gasteiger partial charge is 0.507 e. The van der Waals surface area contributed by atoms with Crippen LogP contribution in [0, 0.1) is 6.92 Å². The fourth-order valence-electron chi connectivity index (χ4n) is 1.96. The summed E-state index contributed by atoms with van der Waals surface area (Å²) in [6.07, 6.45) is -1.02. The summed E-state index contributed by atoms with van der Waals surface area (Å²) in [4.78, 5) is 24.2. The normalized spacial score (nSPS) is 11.5. The van der Waals surface area contributed by atoms with Gasteiger partial charge in [-0.3, -0.25) is 4.79 Å². The number of phenolic OH excluding ortho intramolecular Hbond substituents is 1. The van der Waals surface area contributed by atoms with E-state index in [0.29, 0.717) is 11.4 Å². The Morgan fingerprint density at radius 2 is 1.79 bits per heavy atom. The van der Waals surface area contributed by atoms with E-state index in [4.69, 9.17) is 9.47 Å². The van der Waals surface area contributed by atoms with Crippen LogP contribution in [0.4, 0.5) is 5.69 Å². The minimum Gasteiger partial charge on any atom is -0.507 e. The molecule has 0 aromatic heterocycles. The molecule has 1 unspecified atom stereocenters. The summed E-state index contributed by atoms with van der Waals surface area (Å²) in [6, 6.07) is 11.4. The van der Waals surface area contributed by atoms with Crippen LogP contribution in [0.1, 0.15) is 22.8 Å². The SMILES string of the molecule is COc1ccc(O)c(C(=O)OC(C)C(=O)Nc2ccc(C)cc2)c1.